The number of allylic oxidation sites excluding steroid dienone is 1. The minimum Gasteiger partial charge on any atom is -0.488 e. The van der Waals surface area contributed by atoms with Crippen LogP contribution in [0.25, 0.3) is 5.70 Å². The van der Waals surface area contributed by atoms with Gasteiger partial charge in [0, 0.05) is 34.5 Å². The zero-order chi connectivity index (χ0) is 21.3. The van der Waals surface area contributed by atoms with E-state index in [1.807, 2.05) is 11.4 Å². The van der Waals surface area contributed by atoms with Crippen LogP contribution in [-0.4, -0.2) is 41.3 Å². The number of hydrogen-bond acceptors (Lipinski definition) is 6. The molecule has 2 amide bonds. The molecule has 8 nitrogen and oxygen atoms in total. The van der Waals surface area contributed by atoms with Gasteiger partial charge in [-0.1, -0.05) is 0 Å². The maximum atomic E-state index is 11.7. The van der Waals surface area contributed by atoms with E-state index >= 15 is 0 Å². The molecule has 1 saturated heterocycles. The number of hydrogen-bond donors (Lipinski definition) is 3. The summed E-state index contributed by atoms with van der Waals surface area (Å²) >= 11 is 1.52. The van der Waals surface area contributed by atoms with Gasteiger partial charge in [-0.3, -0.25) is 9.69 Å². The lowest BCUT2D eigenvalue weighted by Crippen LogP contribution is -2.31. The molecule has 0 bridgehead atoms. The summed E-state index contributed by atoms with van der Waals surface area (Å²) in [6, 6.07) is 6.97. The van der Waals surface area contributed by atoms with E-state index in [1.54, 1.807) is 25.1 Å². The van der Waals surface area contributed by atoms with Crippen molar-refractivity contribution in [3.8, 4) is 5.75 Å². The number of nitrogens with zero attached hydrogens (tertiary/aromatic N) is 1. The van der Waals surface area contributed by atoms with Crippen LogP contribution in [0.2, 0.25) is 0 Å². The molecule has 158 valence electrons. The van der Waals surface area contributed by atoms with E-state index in [9.17, 15) is 14.7 Å². The number of carboxylic acid groups (broad SMARTS) is 1. The van der Waals surface area contributed by atoms with Gasteiger partial charge in [0.1, 0.15) is 11.9 Å². The van der Waals surface area contributed by atoms with E-state index in [-0.39, 0.29) is 6.10 Å². The Labute approximate surface area is 177 Å². The second-order valence-corrected chi connectivity index (χ2v) is 8.22. The molecule has 0 saturated carbocycles. The highest BCUT2D eigenvalue weighted by Crippen LogP contribution is 2.38. The normalized spacial score (nSPS) is 16.9. The molecule has 1 aromatic heterocycles. The van der Waals surface area contributed by atoms with E-state index in [0.29, 0.717) is 48.2 Å². The van der Waals surface area contributed by atoms with Crippen LogP contribution in [0.5, 0.6) is 5.75 Å². The molecule has 0 aliphatic carbocycles. The number of benzene rings is 1. The summed E-state index contributed by atoms with van der Waals surface area (Å²) in [4.78, 5) is 25.7. The third-order valence-electron chi connectivity index (χ3n) is 5.30. The van der Waals surface area contributed by atoms with E-state index in [2.05, 4.69) is 5.32 Å². The Kier molecular flexibility index (Phi) is 5.65. The average Bonchev–Trinajstić information content (AvgIpc) is 3.19. The second kappa shape index (κ2) is 8.37. The Morgan fingerprint density at radius 2 is 2.07 bits per heavy atom. The number of carbonyl (C=O) groups excluding carboxylic acids is 1. The molecule has 4 N–H and O–H groups in total. The van der Waals surface area contributed by atoms with Gasteiger partial charge in [-0.15, -0.1) is 11.3 Å². The first-order chi connectivity index (χ1) is 14.4. The summed E-state index contributed by atoms with van der Waals surface area (Å²) in [7, 11) is 0. The number of primary amides is 1. The largest absolute Gasteiger partial charge is 0.488 e. The number of nitrogens with one attached hydrogen (secondary N) is 1. The molecule has 0 atom stereocenters. The van der Waals surface area contributed by atoms with Gasteiger partial charge in [0.25, 0.3) is 0 Å². The molecule has 1 aromatic carbocycles. The smallest absolute Gasteiger partial charge is 0.411 e. The number of fused-ring (bicyclic) bond motifs is 1. The van der Waals surface area contributed by atoms with Crippen LogP contribution in [0.1, 0.15) is 40.6 Å². The molecule has 0 radical (unpaired) electrons. The summed E-state index contributed by atoms with van der Waals surface area (Å²) in [5.74, 6) is -0.0358. The number of anilines is 1. The zero-order valence-corrected chi connectivity index (χ0v) is 17.3. The maximum Gasteiger partial charge on any atom is 0.411 e. The van der Waals surface area contributed by atoms with Crippen molar-refractivity contribution in [2.45, 2.75) is 32.4 Å². The van der Waals surface area contributed by atoms with Gasteiger partial charge in [-0.05, 0) is 36.6 Å². The van der Waals surface area contributed by atoms with Crippen LogP contribution in [0.3, 0.4) is 0 Å². The first-order valence-corrected chi connectivity index (χ1v) is 10.6. The first-order valence-electron chi connectivity index (χ1n) is 9.67. The van der Waals surface area contributed by atoms with Crippen LogP contribution in [0.4, 0.5) is 10.5 Å². The highest BCUT2D eigenvalue weighted by molar-refractivity contribution is 7.10. The van der Waals surface area contributed by atoms with E-state index in [0.717, 1.165) is 23.3 Å². The predicted octanol–water partition coefficient (Wildman–Crippen LogP) is 3.70. The van der Waals surface area contributed by atoms with Gasteiger partial charge >= 0.3 is 6.09 Å². The van der Waals surface area contributed by atoms with Crippen molar-refractivity contribution >= 4 is 34.7 Å². The van der Waals surface area contributed by atoms with Crippen molar-refractivity contribution in [2.24, 2.45) is 5.73 Å². The lowest BCUT2D eigenvalue weighted by molar-refractivity contribution is 0.0258. The summed E-state index contributed by atoms with van der Waals surface area (Å²) < 4.78 is 11.6. The quantitative estimate of drug-likeness (QED) is 0.668. The molecule has 2 aromatic rings. The number of amides is 2. The molecule has 2 aliphatic rings. The Balaban J connectivity index is 1.71. The summed E-state index contributed by atoms with van der Waals surface area (Å²) in [5.41, 5.74) is 8.71. The number of carbonyl (C=O) groups is 2. The third-order valence-corrected chi connectivity index (χ3v) is 6.21. The summed E-state index contributed by atoms with van der Waals surface area (Å²) in [6.07, 6.45) is 0.469. The molecular formula is C21H23N3O5S. The molecule has 3 heterocycles. The Bertz CT molecular complexity index is 1010. The van der Waals surface area contributed by atoms with Gasteiger partial charge in [-0.25, -0.2) is 4.79 Å². The molecule has 1 fully saturated rings. The molecule has 9 heteroatoms. The fourth-order valence-electron chi connectivity index (χ4n) is 3.63. The molecular weight excluding hydrogens is 406 g/mol. The van der Waals surface area contributed by atoms with Crippen LogP contribution in [0, 0.1) is 0 Å². The standard InChI is InChI=1S/C21H23N3O5S/c1-12-19(15-6-9-30-18(15)11-24(12)21(26)27)23-16-3-2-13(20(22)25)10-17(16)29-14-4-7-28-8-5-14/h2-3,6,9-10,14,23H,4-5,7-8,11H2,1H3,(H2,22,25)(H,26,27). The minimum absolute atomic E-state index is 0.0314. The lowest BCUT2D eigenvalue weighted by atomic mass is 10.1. The van der Waals surface area contributed by atoms with Gasteiger partial charge in [0.05, 0.1) is 31.1 Å². The highest BCUT2D eigenvalue weighted by atomic mass is 32.1. The topological polar surface area (TPSA) is 114 Å². The van der Waals surface area contributed by atoms with E-state index in [1.165, 1.54) is 16.2 Å². The van der Waals surface area contributed by atoms with Crippen molar-refractivity contribution in [1.82, 2.24) is 4.90 Å². The fourth-order valence-corrected chi connectivity index (χ4v) is 4.50. The van der Waals surface area contributed by atoms with Crippen molar-refractivity contribution in [3.63, 3.8) is 0 Å². The van der Waals surface area contributed by atoms with Crippen molar-refractivity contribution in [2.75, 3.05) is 18.5 Å². The molecule has 2 aliphatic heterocycles. The van der Waals surface area contributed by atoms with Crippen LogP contribution in [0.15, 0.2) is 35.3 Å². The van der Waals surface area contributed by atoms with E-state index in [4.69, 9.17) is 15.2 Å². The van der Waals surface area contributed by atoms with Crippen LogP contribution < -0.4 is 15.8 Å². The van der Waals surface area contributed by atoms with Gasteiger partial charge in [0.15, 0.2) is 0 Å². The van der Waals surface area contributed by atoms with Crippen molar-refractivity contribution in [3.05, 3.63) is 51.3 Å². The maximum absolute atomic E-state index is 11.7. The molecule has 30 heavy (non-hydrogen) atoms. The SMILES string of the molecule is CC1=C(Nc2ccc(C(N)=O)cc2OC2CCOCC2)c2ccsc2CN1C(=O)O. The number of ether oxygens (including phenoxy) is 2. The number of nitrogens with two attached hydrogens (primary N) is 1. The van der Waals surface area contributed by atoms with Crippen molar-refractivity contribution in [1.29, 1.82) is 0 Å². The van der Waals surface area contributed by atoms with Crippen molar-refractivity contribution < 1.29 is 24.2 Å². The lowest BCUT2D eigenvalue weighted by Gasteiger charge is -2.30. The van der Waals surface area contributed by atoms with E-state index < -0.39 is 12.0 Å². The second-order valence-electron chi connectivity index (χ2n) is 7.22. The van der Waals surface area contributed by atoms with Gasteiger partial charge < -0.3 is 25.6 Å². The fraction of sp³-hybridized carbons (Fsp3) is 0.333. The van der Waals surface area contributed by atoms with Gasteiger partial charge in [-0.2, -0.15) is 0 Å². The Hall–Kier alpha value is -3.04. The van der Waals surface area contributed by atoms with Crippen LogP contribution >= 0.6 is 11.3 Å². The first kappa shape index (κ1) is 20.2. The minimum atomic E-state index is -1.01. The Morgan fingerprint density at radius 3 is 2.77 bits per heavy atom. The van der Waals surface area contributed by atoms with Gasteiger partial charge in [0.2, 0.25) is 5.91 Å². The molecule has 4 rings (SSSR count). The number of rotatable bonds is 5. The monoisotopic (exact) mass is 429 g/mol. The Morgan fingerprint density at radius 1 is 1.30 bits per heavy atom. The van der Waals surface area contributed by atoms with Crippen LogP contribution in [-0.2, 0) is 11.3 Å². The summed E-state index contributed by atoms with van der Waals surface area (Å²) in [6.45, 7) is 3.34. The zero-order valence-electron chi connectivity index (χ0n) is 16.5. The predicted molar refractivity (Wildman–Crippen MR) is 114 cm³/mol. The average molecular weight is 429 g/mol. The molecule has 0 unspecified atom stereocenters. The third kappa shape index (κ3) is 3.99. The molecule has 0 spiro atoms. The highest BCUT2D eigenvalue weighted by Gasteiger charge is 2.28. The number of thiophene rings is 1. The summed E-state index contributed by atoms with van der Waals surface area (Å²) in [5, 5.41) is 14.9.